The SMILES string of the molecule is COC(=O)c1cc(NC(=O)COc2ccc(S(=O)(=O)Nc3ccc(C)c(C)c3)cc2C)cc(C(=O)OC)c1. The monoisotopic (exact) mass is 540 g/mol. The molecule has 0 radical (unpaired) electrons. The van der Waals surface area contributed by atoms with Crippen LogP contribution in [0.2, 0.25) is 0 Å². The summed E-state index contributed by atoms with van der Waals surface area (Å²) in [7, 11) is -1.46. The number of sulfonamides is 1. The fraction of sp³-hybridized carbons (Fsp3) is 0.222. The molecule has 0 aromatic heterocycles. The lowest BCUT2D eigenvalue weighted by atomic mass is 10.1. The molecule has 3 rings (SSSR count). The van der Waals surface area contributed by atoms with Crippen molar-refractivity contribution in [2.24, 2.45) is 0 Å². The molecule has 38 heavy (non-hydrogen) atoms. The summed E-state index contributed by atoms with van der Waals surface area (Å²) in [6.45, 7) is 5.08. The third kappa shape index (κ3) is 6.88. The van der Waals surface area contributed by atoms with E-state index in [9.17, 15) is 22.8 Å². The van der Waals surface area contributed by atoms with Crippen LogP contribution in [0, 0.1) is 20.8 Å². The predicted octanol–water partition coefficient (Wildman–Crippen LogP) is 4.00. The van der Waals surface area contributed by atoms with Gasteiger partial charge in [-0.25, -0.2) is 18.0 Å². The number of anilines is 2. The first-order chi connectivity index (χ1) is 17.9. The standard InChI is InChI=1S/C27H28N2O8S/c1-16-6-7-21(10-17(16)2)29-38(33,34)23-8-9-24(18(3)11-23)37-15-25(30)28-22-13-19(26(31)35-4)12-20(14-22)27(32)36-5/h6-14,29H,15H2,1-5H3,(H,28,30). The van der Waals surface area contributed by atoms with Crippen molar-refractivity contribution in [1.82, 2.24) is 0 Å². The van der Waals surface area contributed by atoms with Gasteiger partial charge in [0.05, 0.1) is 30.2 Å². The summed E-state index contributed by atoms with van der Waals surface area (Å²) in [5.74, 6) is -1.65. The first kappa shape index (κ1) is 28.2. The fourth-order valence-corrected chi connectivity index (χ4v) is 4.62. The molecule has 0 atom stereocenters. The van der Waals surface area contributed by atoms with Crippen molar-refractivity contribution in [2.75, 3.05) is 30.9 Å². The van der Waals surface area contributed by atoms with E-state index in [1.807, 2.05) is 19.9 Å². The van der Waals surface area contributed by atoms with Crippen molar-refractivity contribution in [3.63, 3.8) is 0 Å². The number of aryl methyl sites for hydroxylation is 3. The number of carbonyl (C=O) groups is 3. The highest BCUT2D eigenvalue weighted by molar-refractivity contribution is 7.92. The molecule has 2 N–H and O–H groups in total. The van der Waals surface area contributed by atoms with E-state index < -0.39 is 34.5 Å². The smallest absolute Gasteiger partial charge is 0.337 e. The van der Waals surface area contributed by atoms with E-state index in [0.29, 0.717) is 17.0 Å². The highest BCUT2D eigenvalue weighted by Crippen LogP contribution is 2.25. The second-order valence-electron chi connectivity index (χ2n) is 8.45. The molecule has 200 valence electrons. The first-order valence-corrected chi connectivity index (χ1v) is 12.9. The molecule has 0 saturated heterocycles. The molecule has 0 heterocycles. The highest BCUT2D eigenvalue weighted by Gasteiger charge is 2.18. The second kappa shape index (κ2) is 11.8. The zero-order valence-electron chi connectivity index (χ0n) is 21.6. The summed E-state index contributed by atoms with van der Waals surface area (Å²) < 4.78 is 43.2. The molecule has 0 aliphatic rings. The van der Waals surface area contributed by atoms with E-state index in [-0.39, 0.29) is 21.7 Å². The molecular weight excluding hydrogens is 512 g/mol. The maximum atomic E-state index is 12.8. The number of hydrogen-bond acceptors (Lipinski definition) is 8. The first-order valence-electron chi connectivity index (χ1n) is 11.4. The van der Waals surface area contributed by atoms with Gasteiger partial charge in [-0.15, -0.1) is 0 Å². The summed E-state index contributed by atoms with van der Waals surface area (Å²) in [5, 5.41) is 2.56. The van der Waals surface area contributed by atoms with Crippen LogP contribution in [-0.4, -0.2) is 47.1 Å². The van der Waals surface area contributed by atoms with Crippen molar-refractivity contribution in [3.05, 3.63) is 82.4 Å². The topological polar surface area (TPSA) is 137 Å². The third-order valence-corrected chi connectivity index (χ3v) is 7.01. The van der Waals surface area contributed by atoms with Crippen molar-refractivity contribution >= 4 is 39.2 Å². The average Bonchev–Trinajstić information content (AvgIpc) is 2.88. The Bertz CT molecular complexity index is 1460. The maximum Gasteiger partial charge on any atom is 0.337 e. The summed E-state index contributed by atoms with van der Waals surface area (Å²) in [4.78, 5) is 36.4. The van der Waals surface area contributed by atoms with E-state index >= 15 is 0 Å². The van der Waals surface area contributed by atoms with Gasteiger partial charge >= 0.3 is 11.9 Å². The minimum absolute atomic E-state index is 0.0417. The van der Waals surface area contributed by atoms with Gasteiger partial charge in [0.1, 0.15) is 5.75 Å². The Hall–Kier alpha value is -4.38. The largest absolute Gasteiger partial charge is 0.483 e. The van der Waals surface area contributed by atoms with Crippen molar-refractivity contribution in [2.45, 2.75) is 25.7 Å². The van der Waals surface area contributed by atoms with Gasteiger partial charge in [-0.3, -0.25) is 9.52 Å². The van der Waals surface area contributed by atoms with Crippen LogP contribution < -0.4 is 14.8 Å². The Morgan fingerprint density at radius 2 is 1.37 bits per heavy atom. The lowest BCUT2D eigenvalue weighted by molar-refractivity contribution is -0.118. The molecule has 0 aliphatic carbocycles. The number of carbonyl (C=O) groups excluding carboxylic acids is 3. The van der Waals surface area contributed by atoms with Crippen LogP contribution in [0.15, 0.2) is 59.5 Å². The fourth-order valence-electron chi connectivity index (χ4n) is 3.48. The number of amides is 1. The molecule has 0 unspecified atom stereocenters. The van der Waals surface area contributed by atoms with E-state index in [1.165, 1.54) is 50.6 Å². The number of hydrogen-bond donors (Lipinski definition) is 2. The Kier molecular flexibility index (Phi) is 8.74. The molecule has 0 bridgehead atoms. The number of methoxy groups -OCH3 is 2. The zero-order valence-corrected chi connectivity index (χ0v) is 22.4. The van der Waals surface area contributed by atoms with E-state index in [2.05, 4.69) is 19.5 Å². The van der Waals surface area contributed by atoms with Crippen molar-refractivity contribution in [3.8, 4) is 5.75 Å². The number of esters is 2. The lowest BCUT2D eigenvalue weighted by Gasteiger charge is -2.13. The Labute approximate surface area is 221 Å². The van der Waals surface area contributed by atoms with Crippen LogP contribution in [0.5, 0.6) is 5.75 Å². The van der Waals surface area contributed by atoms with Gasteiger partial charge in [-0.1, -0.05) is 6.07 Å². The van der Waals surface area contributed by atoms with Crippen LogP contribution in [0.3, 0.4) is 0 Å². The molecule has 11 heteroatoms. The molecule has 10 nitrogen and oxygen atoms in total. The maximum absolute atomic E-state index is 12.8. The molecule has 0 saturated carbocycles. The number of ether oxygens (including phenoxy) is 3. The molecule has 0 spiro atoms. The van der Waals surface area contributed by atoms with Crippen LogP contribution in [0.1, 0.15) is 37.4 Å². The van der Waals surface area contributed by atoms with Gasteiger partial charge < -0.3 is 19.5 Å². The van der Waals surface area contributed by atoms with Gasteiger partial charge in [-0.2, -0.15) is 0 Å². The van der Waals surface area contributed by atoms with Gasteiger partial charge in [-0.05, 0) is 86.0 Å². The molecule has 0 aliphatic heterocycles. The van der Waals surface area contributed by atoms with Crippen LogP contribution in [0.25, 0.3) is 0 Å². The van der Waals surface area contributed by atoms with E-state index in [1.54, 1.807) is 19.1 Å². The highest BCUT2D eigenvalue weighted by atomic mass is 32.2. The van der Waals surface area contributed by atoms with E-state index in [4.69, 9.17) is 4.74 Å². The number of benzene rings is 3. The Morgan fingerprint density at radius 1 is 0.737 bits per heavy atom. The average molecular weight is 541 g/mol. The van der Waals surface area contributed by atoms with Gasteiger partial charge in [0.2, 0.25) is 0 Å². The van der Waals surface area contributed by atoms with Crippen molar-refractivity contribution < 1.29 is 37.0 Å². The Balaban J connectivity index is 1.69. The summed E-state index contributed by atoms with van der Waals surface area (Å²) in [6.07, 6.45) is 0. The minimum atomic E-state index is -3.84. The normalized spacial score (nSPS) is 10.9. The van der Waals surface area contributed by atoms with Crippen LogP contribution >= 0.6 is 0 Å². The summed E-state index contributed by atoms with van der Waals surface area (Å²) in [6, 6.07) is 13.6. The second-order valence-corrected chi connectivity index (χ2v) is 10.1. The predicted molar refractivity (Wildman–Crippen MR) is 141 cm³/mol. The lowest BCUT2D eigenvalue weighted by Crippen LogP contribution is -2.21. The number of nitrogens with one attached hydrogen (secondary N) is 2. The molecule has 3 aromatic rings. The Morgan fingerprint density at radius 3 is 1.92 bits per heavy atom. The van der Waals surface area contributed by atoms with Gasteiger partial charge in [0.25, 0.3) is 15.9 Å². The van der Waals surface area contributed by atoms with Crippen LogP contribution in [0.4, 0.5) is 11.4 Å². The minimum Gasteiger partial charge on any atom is -0.483 e. The quantitative estimate of drug-likeness (QED) is 0.389. The molecule has 3 aromatic carbocycles. The third-order valence-electron chi connectivity index (χ3n) is 5.63. The summed E-state index contributed by atoms with van der Waals surface area (Å²) in [5.41, 5.74) is 3.23. The van der Waals surface area contributed by atoms with Gasteiger partial charge in [0.15, 0.2) is 6.61 Å². The van der Waals surface area contributed by atoms with Gasteiger partial charge in [0, 0.05) is 11.4 Å². The molecule has 0 fully saturated rings. The van der Waals surface area contributed by atoms with E-state index in [0.717, 1.165) is 11.1 Å². The zero-order chi connectivity index (χ0) is 28.0. The molecular formula is C27H28N2O8S. The number of rotatable bonds is 9. The van der Waals surface area contributed by atoms with Crippen molar-refractivity contribution in [1.29, 1.82) is 0 Å². The molecule has 1 amide bonds. The van der Waals surface area contributed by atoms with Crippen LogP contribution in [-0.2, 0) is 24.3 Å². The summed E-state index contributed by atoms with van der Waals surface area (Å²) >= 11 is 0.